The van der Waals surface area contributed by atoms with E-state index >= 15 is 0 Å². The van der Waals surface area contributed by atoms with Gasteiger partial charge in [-0.3, -0.25) is 0 Å². The molecule has 1 rings (SSSR count). The van der Waals surface area contributed by atoms with Crippen molar-refractivity contribution in [3.05, 3.63) is 29.3 Å². The number of hydrogen-bond acceptors (Lipinski definition) is 3. The molecule has 0 radical (unpaired) electrons. The third-order valence-corrected chi connectivity index (χ3v) is 3.63. The third-order valence-electron chi connectivity index (χ3n) is 3.63. The molecule has 0 amide bonds. The molecule has 1 aromatic carbocycles. The maximum atomic E-state index is 10.5. The van der Waals surface area contributed by atoms with Crippen molar-refractivity contribution in [3.8, 4) is 5.75 Å². The standard InChI is InChI=1S/C16H27NO2/c1-10(2)12-7-8-13(14(9-12)19-6)16(18)15(17-5)11(3)4/h7-11,15-18H,1-6H3. The van der Waals surface area contributed by atoms with Gasteiger partial charge in [0.25, 0.3) is 0 Å². The van der Waals surface area contributed by atoms with Gasteiger partial charge in [0.1, 0.15) is 5.75 Å². The van der Waals surface area contributed by atoms with Crippen LogP contribution in [-0.4, -0.2) is 25.3 Å². The number of methoxy groups -OCH3 is 1. The summed E-state index contributed by atoms with van der Waals surface area (Å²) in [6.45, 7) is 8.49. The van der Waals surface area contributed by atoms with Gasteiger partial charge in [0.05, 0.1) is 13.2 Å². The molecule has 3 nitrogen and oxygen atoms in total. The molecule has 1 aromatic rings. The molecule has 2 unspecified atom stereocenters. The minimum Gasteiger partial charge on any atom is -0.496 e. The Morgan fingerprint density at radius 1 is 1.16 bits per heavy atom. The highest BCUT2D eigenvalue weighted by Gasteiger charge is 2.25. The number of likely N-dealkylation sites (N-methyl/N-ethyl adjacent to an activating group) is 1. The molecule has 2 atom stereocenters. The van der Waals surface area contributed by atoms with Crippen molar-refractivity contribution < 1.29 is 9.84 Å². The average molecular weight is 265 g/mol. The minimum atomic E-state index is -0.568. The number of nitrogens with one attached hydrogen (secondary N) is 1. The van der Waals surface area contributed by atoms with E-state index in [0.717, 1.165) is 11.3 Å². The topological polar surface area (TPSA) is 41.5 Å². The van der Waals surface area contributed by atoms with Gasteiger partial charge in [-0.1, -0.05) is 39.8 Å². The van der Waals surface area contributed by atoms with Gasteiger partial charge in [-0.25, -0.2) is 0 Å². The van der Waals surface area contributed by atoms with Crippen molar-refractivity contribution in [2.45, 2.75) is 45.8 Å². The van der Waals surface area contributed by atoms with Crippen LogP contribution in [0.2, 0.25) is 0 Å². The predicted molar refractivity (Wildman–Crippen MR) is 79.7 cm³/mol. The number of benzene rings is 1. The minimum absolute atomic E-state index is 0.0128. The highest BCUT2D eigenvalue weighted by Crippen LogP contribution is 2.32. The van der Waals surface area contributed by atoms with E-state index in [1.54, 1.807) is 7.11 Å². The quantitative estimate of drug-likeness (QED) is 0.830. The number of ether oxygens (including phenoxy) is 1. The molecule has 0 saturated carbocycles. The van der Waals surface area contributed by atoms with E-state index in [9.17, 15) is 5.11 Å². The molecule has 0 bridgehead atoms. The molecule has 0 aliphatic rings. The molecule has 0 heterocycles. The zero-order valence-corrected chi connectivity index (χ0v) is 12.9. The summed E-state index contributed by atoms with van der Waals surface area (Å²) in [7, 11) is 3.53. The van der Waals surface area contributed by atoms with Gasteiger partial charge < -0.3 is 15.2 Å². The molecule has 0 fully saturated rings. The molecular weight excluding hydrogens is 238 g/mol. The average Bonchev–Trinajstić information content (AvgIpc) is 2.37. The first-order chi connectivity index (χ1) is 8.92. The Morgan fingerprint density at radius 3 is 2.21 bits per heavy atom. The molecular formula is C16H27NO2. The lowest BCUT2D eigenvalue weighted by Crippen LogP contribution is -2.36. The number of hydrogen-bond donors (Lipinski definition) is 2. The van der Waals surface area contributed by atoms with Crippen LogP contribution >= 0.6 is 0 Å². The van der Waals surface area contributed by atoms with Crippen LogP contribution in [0, 0.1) is 5.92 Å². The van der Waals surface area contributed by atoms with Crippen LogP contribution in [0.5, 0.6) is 5.75 Å². The second-order valence-electron chi connectivity index (χ2n) is 5.66. The molecule has 19 heavy (non-hydrogen) atoms. The maximum absolute atomic E-state index is 10.5. The highest BCUT2D eigenvalue weighted by molar-refractivity contribution is 5.40. The monoisotopic (exact) mass is 265 g/mol. The molecule has 0 spiro atoms. The van der Waals surface area contributed by atoms with Crippen LogP contribution in [0.4, 0.5) is 0 Å². The summed E-state index contributed by atoms with van der Waals surface area (Å²) < 4.78 is 5.44. The van der Waals surface area contributed by atoms with Gasteiger partial charge in [-0.05, 0) is 30.5 Å². The van der Waals surface area contributed by atoms with Gasteiger partial charge in [0.2, 0.25) is 0 Å². The van der Waals surface area contributed by atoms with Crippen LogP contribution in [0.1, 0.15) is 50.8 Å². The Morgan fingerprint density at radius 2 is 1.79 bits per heavy atom. The van der Waals surface area contributed by atoms with Crippen LogP contribution in [0.3, 0.4) is 0 Å². The van der Waals surface area contributed by atoms with E-state index in [0.29, 0.717) is 11.8 Å². The Balaban J connectivity index is 3.12. The summed E-state index contributed by atoms with van der Waals surface area (Å²) in [5, 5.41) is 13.7. The van der Waals surface area contributed by atoms with E-state index < -0.39 is 6.10 Å². The molecule has 0 aliphatic heterocycles. The maximum Gasteiger partial charge on any atom is 0.125 e. The molecule has 2 N–H and O–H groups in total. The van der Waals surface area contributed by atoms with Crippen molar-refractivity contribution in [2.24, 2.45) is 5.92 Å². The zero-order valence-electron chi connectivity index (χ0n) is 12.9. The first kappa shape index (κ1) is 16.0. The molecule has 3 heteroatoms. The van der Waals surface area contributed by atoms with Crippen molar-refractivity contribution >= 4 is 0 Å². The summed E-state index contributed by atoms with van der Waals surface area (Å²) in [4.78, 5) is 0. The summed E-state index contributed by atoms with van der Waals surface area (Å²) >= 11 is 0. The second kappa shape index (κ2) is 6.92. The van der Waals surface area contributed by atoms with E-state index in [1.165, 1.54) is 5.56 Å². The predicted octanol–water partition coefficient (Wildman–Crippen LogP) is 3.10. The Labute approximate surface area is 117 Å². The summed E-state index contributed by atoms with van der Waals surface area (Å²) in [5.41, 5.74) is 2.07. The third kappa shape index (κ3) is 3.71. The first-order valence-electron chi connectivity index (χ1n) is 6.95. The van der Waals surface area contributed by atoms with Crippen LogP contribution < -0.4 is 10.1 Å². The Kier molecular flexibility index (Phi) is 5.83. The summed E-state index contributed by atoms with van der Waals surface area (Å²) in [5.74, 6) is 1.55. The lowest BCUT2D eigenvalue weighted by atomic mass is 9.91. The van der Waals surface area contributed by atoms with E-state index in [1.807, 2.05) is 19.2 Å². The normalized spacial score (nSPS) is 14.8. The van der Waals surface area contributed by atoms with Crippen molar-refractivity contribution in [1.82, 2.24) is 5.32 Å². The van der Waals surface area contributed by atoms with Crippen molar-refractivity contribution in [2.75, 3.05) is 14.2 Å². The lowest BCUT2D eigenvalue weighted by Gasteiger charge is -2.27. The van der Waals surface area contributed by atoms with Gasteiger partial charge in [-0.2, -0.15) is 0 Å². The van der Waals surface area contributed by atoms with Crippen LogP contribution in [0.15, 0.2) is 18.2 Å². The number of rotatable bonds is 6. The smallest absolute Gasteiger partial charge is 0.125 e. The Hall–Kier alpha value is -1.06. The van der Waals surface area contributed by atoms with Gasteiger partial charge >= 0.3 is 0 Å². The van der Waals surface area contributed by atoms with E-state index in [2.05, 4.69) is 39.1 Å². The van der Waals surface area contributed by atoms with Crippen molar-refractivity contribution in [3.63, 3.8) is 0 Å². The fourth-order valence-electron chi connectivity index (χ4n) is 2.38. The summed E-state index contributed by atoms with van der Waals surface area (Å²) in [6, 6.07) is 6.08. The van der Waals surface area contributed by atoms with E-state index in [-0.39, 0.29) is 6.04 Å². The first-order valence-corrected chi connectivity index (χ1v) is 6.95. The van der Waals surface area contributed by atoms with Gasteiger partial charge in [-0.15, -0.1) is 0 Å². The molecule has 0 aliphatic carbocycles. The highest BCUT2D eigenvalue weighted by atomic mass is 16.5. The largest absolute Gasteiger partial charge is 0.496 e. The van der Waals surface area contributed by atoms with Gasteiger partial charge in [0.15, 0.2) is 0 Å². The van der Waals surface area contributed by atoms with E-state index in [4.69, 9.17) is 4.74 Å². The second-order valence-corrected chi connectivity index (χ2v) is 5.66. The molecule has 0 aromatic heterocycles. The lowest BCUT2D eigenvalue weighted by molar-refractivity contribution is 0.107. The Bertz CT molecular complexity index is 402. The zero-order chi connectivity index (χ0) is 14.6. The number of aliphatic hydroxyl groups is 1. The van der Waals surface area contributed by atoms with Gasteiger partial charge in [0, 0.05) is 11.6 Å². The number of aliphatic hydroxyl groups excluding tert-OH is 1. The molecule has 108 valence electrons. The SMILES string of the molecule is CNC(C(C)C)C(O)c1ccc(C(C)C)cc1OC. The fourth-order valence-corrected chi connectivity index (χ4v) is 2.38. The molecule has 0 saturated heterocycles. The van der Waals surface area contributed by atoms with Crippen LogP contribution in [-0.2, 0) is 0 Å². The van der Waals surface area contributed by atoms with Crippen molar-refractivity contribution in [1.29, 1.82) is 0 Å². The van der Waals surface area contributed by atoms with Crippen LogP contribution in [0.25, 0.3) is 0 Å². The fraction of sp³-hybridized carbons (Fsp3) is 0.625. The summed E-state index contributed by atoms with van der Waals surface area (Å²) in [6.07, 6.45) is -0.568.